The van der Waals surface area contributed by atoms with Gasteiger partial charge in [0.25, 0.3) is 0 Å². The predicted octanol–water partition coefficient (Wildman–Crippen LogP) is 3.15. The molecule has 0 saturated carbocycles. The fourth-order valence-corrected chi connectivity index (χ4v) is 2.59. The Morgan fingerprint density at radius 3 is 2.57 bits per heavy atom. The first kappa shape index (κ1) is 15.5. The van der Waals surface area contributed by atoms with Gasteiger partial charge in [-0.1, -0.05) is 11.6 Å². The van der Waals surface area contributed by atoms with Crippen molar-refractivity contribution in [3.63, 3.8) is 0 Å². The molecular weight excluding hydrogens is 312 g/mol. The van der Waals surface area contributed by atoms with Gasteiger partial charge in [-0.15, -0.1) is 0 Å². The number of carbonyl (C=O) groups is 1. The van der Waals surface area contributed by atoms with Crippen LogP contribution in [0.5, 0.6) is 0 Å². The van der Waals surface area contributed by atoms with E-state index in [2.05, 4.69) is 9.97 Å². The number of pyridine rings is 1. The van der Waals surface area contributed by atoms with Crippen molar-refractivity contribution in [2.75, 3.05) is 14.1 Å². The molecule has 118 valence electrons. The number of aryl methyl sites for hydroxylation is 1. The Kier molecular flexibility index (Phi) is 4.05. The summed E-state index contributed by atoms with van der Waals surface area (Å²) >= 11 is 5.97. The zero-order valence-electron chi connectivity index (χ0n) is 13.2. The first-order valence-electron chi connectivity index (χ1n) is 7.25. The Bertz CT molecular complexity index is 868. The zero-order valence-corrected chi connectivity index (χ0v) is 14.0. The maximum absolute atomic E-state index is 12.2. The van der Waals surface area contributed by atoms with Crippen molar-refractivity contribution in [1.29, 1.82) is 0 Å². The molecule has 0 atom stereocenters. The average molecular weight is 329 g/mol. The summed E-state index contributed by atoms with van der Waals surface area (Å²) in [6, 6.07) is 9.35. The Morgan fingerprint density at radius 1 is 1.22 bits per heavy atom. The number of imidazole rings is 1. The van der Waals surface area contributed by atoms with E-state index in [4.69, 9.17) is 11.6 Å². The summed E-state index contributed by atoms with van der Waals surface area (Å²) in [7, 11) is 3.49. The summed E-state index contributed by atoms with van der Waals surface area (Å²) < 4.78 is 1.92. The Morgan fingerprint density at radius 2 is 1.91 bits per heavy atom. The summed E-state index contributed by atoms with van der Waals surface area (Å²) in [6.07, 6.45) is 1.73. The molecule has 3 aromatic rings. The third-order valence-corrected chi connectivity index (χ3v) is 3.99. The summed E-state index contributed by atoms with van der Waals surface area (Å²) in [6.45, 7) is 2.21. The minimum Gasteiger partial charge on any atom is -0.347 e. The average Bonchev–Trinajstić information content (AvgIpc) is 2.88. The SMILES string of the molecule is Cc1ccnc2nc(-c3ccc(Cl)cc3)n(CC(=O)N(C)C)c12. The van der Waals surface area contributed by atoms with Gasteiger partial charge < -0.3 is 9.47 Å². The van der Waals surface area contributed by atoms with Crippen LogP contribution in [0.1, 0.15) is 5.56 Å². The summed E-state index contributed by atoms with van der Waals surface area (Å²) in [5, 5.41) is 0.662. The molecule has 0 aliphatic heterocycles. The smallest absolute Gasteiger partial charge is 0.242 e. The molecule has 0 bridgehead atoms. The molecule has 0 N–H and O–H groups in total. The number of fused-ring (bicyclic) bond motifs is 1. The Balaban J connectivity index is 2.22. The lowest BCUT2D eigenvalue weighted by atomic mass is 10.2. The van der Waals surface area contributed by atoms with Crippen LogP contribution in [-0.4, -0.2) is 39.4 Å². The molecule has 23 heavy (non-hydrogen) atoms. The van der Waals surface area contributed by atoms with Crippen LogP contribution in [0.3, 0.4) is 0 Å². The van der Waals surface area contributed by atoms with Gasteiger partial charge in [-0.3, -0.25) is 4.79 Å². The van der Waals surface area contributed by atoms with Crippen molar-refractivity contribution in [2.24, 2.45) is 0 Å². The van der Waals surface area contributed by atoms with Crippen molar-refractivity contribution in [1.82, 2.24) is 19.4 Å². The van der Waals surface area contributed by atoms with Gasteiger partial charge in [0.15, 0.2) is 5.65 Å². The second kappa shape index (κ2) is 6.01. The third-order valence-electron chi connectivity index (χ3n) is 3.74. The molecule has 2 heterocycles. The number of rotatable bonds is 3. The van der Waals surface area contributed by atoms with Crippen LogP contribution < -0.4 is 0 Å². The maximum atomic E-state index is 12.2. The van der Waals surface area contributed by atoms with Crippen LogP contribution in [0.15, 0.2) is 36.5 Å². The number of hydrogen-bond acceptors (Lipinski definition) is 3. The molecule has 0 unspecified atom stereocenters. The highest BCUT2D eigenvalue weighted by Crippen LogP contribution is 2.26. The van der Waals surface area contributed by atoms with Gasteiger partial charge >= 0.3 is 0 Å². The second-order valence-electron chi connectivity index (χ2n) is 5.62. The molecule has 0 fully saturated rings. The zero-order chi connectivity index (χ0) is 16.6. The van der Waals surface area contributed by atoms with E-state index in [0.29, 0.717) is 16.5 Å². The first-order chi connectivity index (χ1) is 11.0. The van der Waals surface area contributed by atoms with E-state index in [1.165, 1.54) is 0 Å². The van der Waals surface area contributed by atoms with Crippen LogP contribution in [0, 0.1) is 6.92 Å². The van der Waals surface area contributed by atoms with Crippen molar-refractivity contribution in [3.05, 3.63) is 47.1 Å². The van der Waals surface area contributed by atoms with Gasteiger partial charge in [0.05, 0.1) is 5.52 Å². The number of carbonyl (C=O) groups excluding carboxylic acids is 1. The highest BCUT2D eigenvalue weighted by Gasteiger charge is 2.18. The molecule has 0 aliphatic carbocycles. The number of hydrogen-bond donors (Lipinski definition) is 0. The third kappa shape index (κ3) is 2.92. The van der Waals surface area contributed by atoms with Gasteiger partial charge in [0, 0.05) is 30.9 Å². The standard InChI is InChI=1S/C17H17ClN4O/c1-11-8-9-19-16-15(11)22(10-14(23)21(2)3)17(20-16)12-4-6-13(18)7-5-12/h4-9H,10H2,1-3H3. The monoisotopic (exact) mass is 328 g/mol. The van der Waals surface area contributed by atoms with E-state index in [9.17, 15) is 4.79 Å². The fraction of sp³-hybridized carbons (Fsp3) is 0.235. The van der Waals surface area contributed by atoms with E-state index in [1.807, 2.05) is 41.8 Å². The number of aromatic nitrogens is 3. The van der Waals surface area contributed by atoms with E-state index in [0.717, 1.165) is 16.6 Å². The van der Waals surface area contributed by atoms with E-state index >= 15 is 0 Å². The minimum atomic E-state index is 0.00256. The molecule has 6 heteroatoms. The normalized spacial score (nSPS) is 11.0. The fourth-order valence-electron chi connectivity index (χ4n) is 2.47. The highest BCUT2D eigenvalue weighted by atomic mass is 35.5. The molecule has 1 aromatic carbocycles. The molecule has 0 aliphatic rings. The van der Waals surface area contributed by atoms with Crippen LogP contribution in [0.4, 0.5) is 0 Å². The molecule has 1 amide bonds. The lowest BCUT2D eigenvalue weighted by Gasteiger charge is -2.14. The molecule has 3 rings (SSSR count). The largest absolute Gasteiger partial charge is 0.347 e. The van der Waals surface area contributed by atoms with E-state index in [-0.39, 0.29) is 12.5 Å². The number of halogens is 1. The lowest BCUT2D eigenvalue weighted by molar-refractivity contribution is -0.129. The number of likely N-dealkylation sites (N-methyl/N-ethyl adjacent to an activating group) is 1. The van der Waals surface area contributed by atoms with Gasteiger partial charge in [-0.05, 0) is 42.8 Å². The molecular formula is C17H17ClN4O. The van der Waals surface area contributed by atoms with Crippen molar-refractivity contribution < 1.29 is 4.79 Å². The topological polar surface area (TPSA) is 51.0 Å². The second-order valence-corrected chi connectivity index (χ2v) is 6.05. The van der Waals surface area contributed by atoms with Crippen LogP contribution >= 0.6 is 11.6 Å². The highest BCUT2D eigenvalue weighted by molar-refractivity contribution is 6.30. The first-order valence-corrected chi connectivity index (χ1v) is 7.63. The summed E-state index contributed by atoms with van der Waals surface area (Å²) in [4.78, 5) is 22.8. The maximum Gasteiger partial charge on any atom is 0.242 e. The van der Waals surface area contributed by atoms with Crippen LogP contribution in [0.2, 0.25) is 5.02 Å². The van der Waals surface area contributed by atoms with Gasteiger partial charge in [-0.2, -0.15) is 0 Å². The Labute approximate surface area is 139 Å². The van der Waals surface area contributed by atoms with E-state index < -0.39 is 0 Å². The molecule has 5 nitrogen and oxygen atoms in total. The minimum absolute atomic E-state index is 0.00256. The number of nitrogens with zero attached hydrogens (tertiary/aromatic N) is 4. The molecule has 0 saturated heterocycles. The number of benzene rings is 1. The van der Waals surface area contributed by atoms with Crippen molar-refractivity contribution in [3.8, 4) is 11.4 Å². The molecule has 2 aromatic heterocycles. The molecule has 0 radical (unpaired) electrons. The predicted molar refractivity (Wildman–Crippen MR) is 91.4 cm³/mol. The quantitative estimate of drug-likeness (QED) is 0.742. The van der Waals surface area contributed by atoms with Gasteiger partial charge in [0.1, 0.15) is 12.4 Å². The van der Waals surface area contributed by atoms with E-state index in [1.54, 1.807) is 25.2 Å². The number of amides is 1. The summed E-state index contributed by atoms with van der Waals surface area (Å²) in [5.74, 6) is 0.719. The van der Waals surface area contributed by atoms with Crippen LogP contribution in [0.25, 0.3) is 22.6 Å². The lowest BCUT2D eigenvalue weighted by Crippen LogP contribution is -2.26. The van der Waals surface area contributed by atoms with Crippen molar-refractivity contribution in [2.45, 2.75) is 13.5 Å². The van der Waals surface area contributed by atoms with Crippen molar-refractivity contribution >= 4 is 28.7 Å². The van der Waals surface area contributed by atoms with Gasteiger partial charge in [-0.25, -0.2) is 9.97 Å². The van der Waals surface area contributed by atoms with Gasteiger partial charge in [0.2, 0.25) is 5.91 Å². The summed E-state index contributed by atoms with van der Waals surface area (Å²) in [5.41, 5.74) is 3.46. The Hall–Kier alpha value is -2.40. The van der Waals surface area contributed by atoms with Crippen LogP contribution in [-0.2, 0) is 11.3 Å². The molecule has 0 spiro atoms.